The molecule has 0 aliphatic carbocycles. The molecule has 7 nitrogen and oxygen atoms in total. The minimum atomic E-state index is 0.606. The number of allylic oxidation sites excluding steroid dienone is 3. The Kier molecular flexibility index (Phi) is 5.61. The van der Waals surface area contributed by atoms with Crippen LogP contribution in [0.25, 0.3) is 22.4 Å². The van der Waals surface area contributed by atoms with Crippen molar-refractivity contribution in [2.24, 2.45) is 0 Å². The van der Waals surface area contributed by atoms with Crippen molar-refractivity contribution in [3.63, 3.8) is 0 Å². The Bertz CT molecular complexity index is 1200. The summed E-state index contributed by atoms with van der Waals surface area (Å²) in [5.41, 5.74) is 4.03. The van der Waals surface area contributed by atoms with Crippen LogP contribution in [-0.2, 0) is 13.1 Å². The Morgan fingerprint density at radius 1 is 1.27 bits per heavy atom. The molecule has 3 aromatic heterocycles. The predicted molar refractivity (Wildman–Crippen MR) is 119 cm³/mol. The van der Waals surface area contributed by atoms with E-state index in [1.165, 1.54) is 0 Å². The van der Waals surface area contributed by atoms with Crippen LogP contribution in [0.2, 0.25) is 0 Å². The van der Waals surface area contributed by atoms with Crippen LogP contribution in [-0.4, -0.2) is 31.8 Å². The fourth-order valence-electron chi connectivity index (χ4n) is 3.39. The van der Waals surface area contributed by atoms with Gasteiger partial charge in [-0.3, -0.25) is 4.57 Å². The molecule has 1 aromatic carbocycles. The van der Waals surface area contributed by atoms with Gasteiger partial charge in [-0.2, -0.15) is 0 Å². The van der Waals surface area contributed by atoms with Crippen LogP contribution < -0.4 is 10.1 Å². The molecule has 0 atom stereocenters. The highest BCUT2D eigenvalue weighted by atomic mass is 16.5. The van der Waals surface area contributed by atoms with Gasteiger partial charge in [0.15, 0.2) is 5.82 Å². The lowest BCUT2D eigenvalue weighted by molar-refractivity contribution is 0.414. The number of hydrogen-bond acceptors (Lipinski definition) is 5. The van der Waals surface area contributed by atoms with Gasteiger partial charge < -0.3 is 15.0 Å². The molecule has 4 rings (SSSR count). The van der Waals surface area contributed by atoms with Crippen molar-refractivity contribution in [2.75, 3.05) is 12.4 Å². The Hall–Kier alpha value is -3.87. The van der Waals surface area contributed by atoms with Crippen molar-refractivity contribution in [3.05, 3.63) is 78.7 Å². The van der Waals surface area contributed by atoms with E-state index in [4.69, 9.17) is 4.74 Å². The number of hydrogen-bond donors (Lipinski definition) is 2. The summed E-state index contributed by atoms with van der Waals surface area (Å²) in [7, 11) is 1.67. The van der Waals surface area contributed by atoms with E-state index in [2.05, 4.69) is 43.6 Å². The quantitative estimate of drug-likeness (QED) is 0.423. The van der Waals surface area contributed by atoms with E-state index in [0.717, 1.165) is 39.3 Å². The molecule has 0 fully saturated rings. The predicted octanol–water partition coefficient (Wildman–Crippen LogP) is 4.57. The summed E-state index contributed by atoms with van der Waals surface area (Å²) in [4.78, 5) is 7.60. The van der Waals surface area contributed by atoms with Gasteiger partial charge in [0.2, 0.25) is 5.95 Å². The Morgan fingerprint density at radius 2 is 2.17 bits per heavy atom. The first kappa shape index (κ1) is 19.4. The second-order valence-corrected chi connectivity index (χ2v) is 6.99. The first-order valence-electron chi connectivity index (χ1n) is 9.70. The van der Waals surface area contributed by atoms with Gasteiger partial charge in [0.25, 0.3) is 0 Å². The highest BCUT2D eigenvalue weighted by Crippen LogP contribution is 2.28. The lowest BCUT2D eigenvalue weighted by Crippen LogP contribution is -2.09. The summed E-state index contributed by atoms with van der Waals surface area (Å²) in [5.74, 6) is 2.30. The maximum atomic E-state index is 5.32. The number of rotatable bonds is 8. The van der Waals surface area contributed by atoms with Crippen LogP contribution >= 0.6 is 0 Å². The Labute approximate surface area is 175 Å². The van der Waals surface area contributed by atoms with Crippen molar-refractivity contribution in [3.8, 4) is 17.1 Å². The van der Waals surface area contributed by atoms with Gasteiger partial charge in [-0.1, -0.05) is 36.4 Å². The van der Waals surface area contributed by atoms with Gasteiger partial charge in [-0.25, -0.2) is 4.98 Å². The molecule has 0 saturated carbocycles. The monoisotopic (exact) mass is 400 g/mol. The zero-order valence-electron chi connectivity index (χ0n) is 17.1. The molecule has 0 aliphatic heterocycles. The summed E-state index contributed by atoms with van der Waals surface area (Å²) in [6, 6.07) is 11.9. The van der Waals surface area contributed by atoms with E-state index >= 15 is 0 Å². The zero-order chi connectivity index (χ0) is 20.9. The number of anilines is 1. The number of aromatic nitrogens is 5. The Balaban J connectivity index is 1.69. The van der Waals surface area contributed by atoms with Gasteiger partial charge in [0.1, 0.15) is 11.4 Å². The van der Waals surface area contributed by atoms with Gasteiger partial charge in [0, 0.05) is 36.4 Å². The molecule has 0 amide bonds. The minimum absolute atomic E-state index is 0.606. The van der Waals surface area contributed by atoms with E-state index in [-0.39, 0.29) is 0 Å². The zero-order valence-corrected chi connectivity index (χ0v) is 17.1. The molecule has 4 aromatic rings. The fraction of sp³-hybridized carbons (Fsp3) is 0.174. The molecule has 0 saturated heterocycles. The molecule has 0 spiro atoms. The highest BCUT2D eigenvalue weighted by molar-refractivity contribution is 5.91. The van der Waals surface area contributed by atoms with Gasteiger partial charge >= 0.3 is 0 Å². The van der Waals surface area contributed by atoms with E-state index in [0.29, 0.717) is 19.0 Å². The fourth-order valence-corrected chi connectivity index (χ4v) is 3.39. The first-order valence-corrected chi connectivity index (χ1v) is 9.70. The summed E-state index contributed by atoms with van der Waals surface area (Å²) in [6.07, 6.45) is 7.48. The number of aromatic amines is 1. The van der Waals surface area contributed by atoms with Gasteiger partial charge in [-0.15, -0.1) is 10.2 Å². The van der Waals surface area contributed by atoms with Crippen LogP contribution in [0.1, 0.15) is 12.5 Å². The molecule has 0 bridgehead atoms. The average molecular weight is 400 g/mol. The third-order valence-electron chi connectivity index (χ3n) is 4.84. The number of ether oxygens (including phenoxy) is 1. The van der Waals surface area contributed by atoms with E-state index < -0.39 is 0 Å². The maximum Gasteiger partial charge on any atom is 0.225 e. The van der Waals surface area contributed by atoms with Crippen molar-refractivity contribution in [1.29, 1.82) is 0 Å². The maximum absolute atomic E-state index is 5.32. The van der Waals surface area contributed by atoms with E-state index in [1.54, 1.807) is 19.4 Å². The third kappa shape index (κ3) is 3.96. The van der Waals surface area contributed by atoms with Crippen molar-refractivity contribution in [2.45, 2.75) is 20.0 Å². The molecule has 0 radical (unpaired) electrons. The van der Waals surface area contributed by atoms with Crippen molar-refractivity contribution in [1.82, 2.24) is 24.7 Å². The molecular weight excluding hydrogens is 376 g/mol. The topological polar surface area (TPSA) is 80.6 Å². The summed E-state index contributed by atoms with van der Waals surface area (Å²) >= 11 is 0. The number of pyridine rings is 1. The lowest BCUT2D eigenvalue weighted by atomic mass is 10.2. The number of methoxy groups -OCH3 is 1. The third-order valence-corrected chi connectivity index (χ3v) is 4.84. The smallest absolute Gasteiger partial charge is 0.225 e. The van der Waals surface area contributed by atoms with Crippen molar-refractivity contribution < 1.29 is 4.74 Å². The van der Waals surface area contributed by atoms with Crippen LogP contribution in [0.4, 0.5) is 5.95 Å². The number of nitrogens with zero attached hydrogens (tertiary/aromatic N) is 4. The number of H-pyrrole nitrogens is 1. The molecule has 0 unspecified atom stereocenters. The summed E-state index contributed by atoms with van der Waals surface area (Å²) in [6.45, 7) is 7.11. The number of fused-ring (bicyclic) bond motifs is 1. The second-order valence-electron chi connectivity index (χ2n) is 6.99. The molecule has 2 N–H and O–H groups in total. The minimum Gasteiger partial charge on any atom is -0.497 e. The van der Waals surface area contributed by atoms with E-state index in [9.17, 15) is 0 Å². The normalized spacial score (nSPS) is 11.6. The second kappa shape index (κ2) is 8.65. The average Bonchev–Trinajstić information content (AvgIpc) is 3.36. The van der Waals surface area contributed by atoms with Crippen LogP contribution in [0.3, 0.4) is 0 Å². The summed E-state index contributed by atoms with van der Waals surface area (Å²) in [5, 5.41) is 13.3. The van der Waals surface area contributed by atoms with Crippen LogP contribution in [0.15, 0.2) is 73.1 Å². The molecule has 152 valence electrons. The molecular formula is C23H24N6O. The number of nitrogens with one attached hydrogen (secondary N) is 2. The molecule has 30 heavy (non-hydrogen) atoms. The number of benzene rings is 1. The summed E-state index contributed by atoms with van der Waals surface area (Å²) < 4.78 is 7.39. The van der Waals surface area contributed by atoms with Crippen LogP contribution in [0.5, 0.6) is 5.75 Å². The van der Waals surface area contributed by atoms with Gasteiger partial charge in [0.05, 0.1) is 7.11 Å². The first-order chi connectivity index (χ1) is 14.7. The lowest BCUT2D eigenvalue weighted by Gasteiger charge is -2.12. The standard InChI is InChI=1S/C23H24N6O/c1-4-7-16(2)15-29-22(20-14-25-21-19(20)10-6-11-24-21)27-28-23(29)26-13-17-8-5-9-18(12-17)30-3/h4-12,14H,1,13,15H2,2-3H3,(H,24,25)(H,26,28)/b16-7+. The van der Waals surface area contributed by atoms with Gasteiger partial charge in [-0.05, 0) is 36.8 Å². The highest BCUT2D eigenvalue weighted by Gasteiger charge is 2.17. The SMILES string of the molecule is C=C/C=C(\C)Cn1c(NCc2cccc(OC)c2)nnc1-c1c[nH]c2ncccc12. The van der Waals surface area contributed by atoms with Crippen molar-refractivity contribution >= 4 is 17.0 Å². The van der Waals surface area contributed by atoms with E-state index in [1.807, 2.05) is 48.7 Å². The largest absolute Gasteiger partial charge is 0.497 e. The molecule has 0 aliphatic rings. The van der Waals surface area contributed by atoms with Crippen LogP contribution in [0, 0.1) is 0 Å². The Morgan fingerprint density at radius 3 is 3.00 bits per heavy atom. The molecule has 3 heterocycles. The molecule has 7 heteroatoms.